The van der Waals surface area contributed by atoms with Crippen molar-refractivity contribution in [1.29, 1.82) is 0 Å². The zero-order valence-electron chi connectivity index (χ0n) is 20.9. The summed E-state index contributed by atoms with van der Waals surface area (Å²) in [6.07, 6.45) is 1.35. The van der Waals surface area contributed by atoms with Gasteiger partial charge in [0.2, 0.25) is 10.0 Å². The molecule has 3 rings (SSSR count). The number of hydrogen-bond donors (Lipinski definition) is 2. The molecule has 0 aliphatic carbocycles. The Morgan fingerprint density at radius 1 is 0.811 bits per heavy atom. The first-order valence-corrected chi connectivity index (χ1v) is 14.3. The van der Waals surface area contributed by atoms with E-state index in [1.165, 1.54) is 42.6 Å². The minimum absolute atomic E-state index is 0.0455. The molecule has 3 aromatic rings. The van der Waals surface area contributed by atoms with Crippen LogP contribution in [-0.4, -0.2) is 35.0 Å². The molecule has 0 unspecified atom stereocenters. The first kappa shape index (κ1) is 28.0. The molecule has 0 aliphatic rings. The highest BCUT2D eigenvalue weighted by atomic mass is 32.2. The van der Waals surface area contributed by atoms with E-state index in [1.54, 1.807) is 50.2 Å². The van der Waals surface area contributed by atoms with Crippen LogP contribution in [0.25, 0.3) is 0 Å². The van der Waals surface area contributed by atoms with E-state index >= 15 is 0 Å². The van der Waals surface area contributed by atoms with Gasteiger partial charge in [0.1, 0.15) is 16.7 Å². The van der Waals surface area contributed by atoms with Crippen molar-refractivity contribution in [2.45, 2.75) is 43.5 Å². The molecular formula is C26H29N3O6S2. The Labute approximate surface area is 217 Å². The Kier molecular flexibility index (Phi) is 8.85. The number of carbonyl (C=O) groups is 1. The van der Waals surface area contributed by atoms with Gasteiger partial charge in [-0.15, -0.1) is 0 Å². The topological polar surface area (TPSA) is 131 Å². The van der Waals surface area contributed by atoms with Gasteiger partial charge in [0.15, 0.2) is 0 Å². The van der Waals surface area contributed by atoms with Crippen molar-refractivity contribution >= 4 is 32.3 Å². The van der Waals surface area contributed by atoms with Crippen LogP contribution in [-0.2, 0) is 24.9 Å². The molecular weight excluding hydrogens is 514 g/mol. The molecule has 1 atom stereocenters. The SMILES string of the molecule is Cc1ccc(S(=O)(=O)N[C@H](C(=O)N/N=C\c2ccc(OS(=O)(=O)c3ccc(C)cc3)cc2)C(C)C)cc1. The number of amides is 1. The third kappa shape index (κ3) is 7.72. The molecule has 3 aromatic carbocycles. The van der Waals surface area contributed by atoms with Crippen molar-refractivity contribution in [3.8, 4) is 5.75 Å². The van der Waals surface area contributed by atoms with Gasteiger partial charge in [-0.05, 0) is 73.9 Å². The van der Waals surface area contributed by atoms with Crippen LogP contribution in [0.3, 0.4) is 0 Å². The zero-order chi connectivity index (χ0) is 27.2. The fourth-order valence-corrected chi connectivity index (χ4v) is 5.45. The predicted octanol–water partition coefficient (Wildman–Crippen LogP) is 3.52. The zero-order valence-corrected chi connectivity index (χ0v) is 22.5. The highest BCUT2D eigenvalue weighted by molar-refractivity contribution is 7.89. The fraction of sp³-hybridized carbons (Fsp3) is 0.231. The van der Waals surface area contributed by atoms with Gasteiger partial charge in [0.05, 0.1) is 11.1 Å². The number of hydrogen-bond acceptors (Lipinski definition) is 7. The molecule has 0 aliphatic heterocycles. The Hall–Kier alpha value is -3.54. The molecule has 11 heteroatoms. The van der Waals surface area contributed by atoms with E-state index in [2.05, 4.69) is 15.2 Å². The molecule has 9 nitrogen and oxygen atoms in total. The van der Waals surface area contributed by atoms with E-state index in [9.17, 15) is 21.6 Å². The van der Waals surface area contributed by atoms with Gasteiger partial charge in [-0.1, -0.05) is 49.2 Å². The number of sulfonamides is 1. The number of aryl methyl sites for hydroxylation is 2. The van der Waals surface area contributed by atoms with Crippen molar-refractivity contribution in [3.63, 3.8) is 0 Å². The van der Waals surface area contributed by atoms with Crippen LogP contribution in [0.4, 0.5) is 0 Å². The smallest absolute Gasteiger partial charge is 0.339 e. The van der Waals surface area contributed by atoms with Crippen molar-refractivity contribution < 1.29 is 25.8 Å². The van der Waals surface area contributed by atoms with Crippen molar-refractivity contribution in [2.75, 3.05) is 0 Å². The molecule has 0 saturated heterocycles. The van der Waals surface area contributed by atoms with Crippen LogP contribution in [0.2, 0.25) is 0 Å². The maximum Gasteiger partial charge on any atom is 0.339 e. The quantitative estimate of drug-likeness (QED) is 0.229. The number of nitrogens with zero attached hydrogens (tertiary/aromatic N) is 1. The van der Waals surface area contributed by atoms with E-state index in [0.717, 1.165) is 11.1 Å². The standard InChI is InChI=1S/C26H29N3O6S2/c1-18(2)25(29-36(31,32)23-13-5-19(3)6-14-23)26(30)28-27-17-21-9-11-22(12-10-21)35-37(33,34)24-15-7-20(4)8-16-24/h5-18,25,29H,1-4H3,(H,28,30)/b27-17-/t25-/m0/s1. The maximum atomic E-state index is 12.7. The molecule has 0 bridgehead atoms. The minimum Gasteiger partial charge on any atom is -0.379 e. The van der Waals surface area contributed by atoms with Crippen molar-refractivity contribution in [2.24, 2.45) is 11.0 Å². The average molecular weight is 544 g/mol. The molecule has 2 N–H and O–H groups in total. The van der Waals surface area contributed by atoms with E-state index in [4.69, 9.17) is 4.18 Å². The van der Waals surface area contributed by atoms with Crippen LogP contribution in [0.5, 0.6) is 5.75 Å². The third-order valence-corrected chi connectivity index (χ3v) is 8.06. The van der Waals surface area contributed by atoms with Crippen molar-refractivity contribution in [3.05, 3.63) is 89.5 Å². The molecule has 0 fully saturated rings. The van der Waals surface area contributed by atoms with Crippen LogP contribution >= 0.6 is 0 Å². The lowest BCUT2D eigenvalue weighted by atomic mass is 10.1. The summed E-state index contributed by atoms with van der Waals surface area (Å²) in [5.41, 5.74) is 4.75. The van der Waals surface area contributed by atoms with Gasteiger partial charge in [0.25, 0.3) is 5.91 Å². The molecule has 37 heavy (non-hydrogen) atoms. The minimum atomic E-state index is -3.97. The van der Waals surface area contributed by atoms with E-state index < -0.39 is 32.1 Å². The predicted molar refractivity (Wildman–Crippen MR) is 141 cm³/mol. The van der Waals surface area contributed by atoms with E-state index in [1.807, 2.05) is 13.8 Å². The first-order valence-electron chi connectivity index (χ1n) is 11.4. The summed E-state index contributed by atoms with van der Waals surface area (Å²) >= 11 is 0. The largest absolute Gasteiger partial charge is 0.379 e. The fourth-order valence-electron chi connectivity index (χ4n) is 3.17. The van der Waals surface area contributed by atoms with Crippen LogP contribution in [0.15, 0.2) is 87.7 Å². The van der Waals surface area contributed by atoms with Gasteiger partial charge < -0.3 is 4.18 Å². The van der Waals surface area contributed by atoms with E-state index in [0.29, 0.717) is 5.56 Å². The number of nitrogens with one attached hydrogen (secondary N) is 2. The lowest BCUT2D eigenvalue weighted by Crippen LogP contribution is -2.48. The highest BCUT2D eigenvalue weighted by Crippen LogP contribution is 2.19. The van der Waals surface area contributed by atoms with Gasteiger partial charge >= 0.3 is 10.1 Å². The van der Waals surface area contributed by atoms with Gasteiger partial charge in [-0.3, -0.25) is 4.79 Å². The summed E-state index contributed by atoms with van der Waals surface area (Å²) in [6.45, 7) is 7.14. The Morgan fingerprint density at radius 3 is 1.84 bits per heavy atom. The van der Waals surface area contributed by atoms with Crippen LogP contribution in [0.1, 0.15) is 30.5 Å². The number of hydrazone groups is 1. The summed E-state index contributed by atoms with van der Waals surface area (Å²) in [6, 6.07) is 17.6. The first-order chi connectivity index (χ1) is 17.4. The third-order valence-electron chi connectivity index (χ3n) is 5.35. The van der Waals surface area contributed by atoms with Gasteiger partial charge in [-0.2, -0.15) is 18.2 Å². The second-order valence-corrected chi connectivity index (χ2v) is 12.1. The average Bonchev–Trinajstić information content (AvgIpc) is 2.84. The Balaban J connectivity index is 1.62. The molecule has 0 aromatic heterocycles. The Morgan fingerprint density at radius 2 is 1.32 bits per heavy atom. The lowest BCUT2D eigenvalue weighted by Gasteiger charge is -2.20. The normalized spacial score (nSPS) is 13.0. The number of carbonyl (C=O) groups excluding carboxylic acids is 1. The number of benzene rings is 3. The molecule has 196 valence electrons. The Bertz CT molecular complexity index is 1460. The van der Waals surface area contributed by atoms with E-state index in [-0.39, 0.29) is 21.5 Å². The lowest BCUT2D eigenvalue weighted by molar-refractivity contribution is -0.123. The maximum absolute atomic E-state index is 12.7. The van der Waals surface area contributed by atoms with Gasteiger partial charge in [-0.25, -0.2) is 13.8 Å². The van der Waals surface area contributed by atoms with Crippen LogP contribution < -0.4 is 14.3 Å². The number of rotatable bonds is 10. The second kappa shape index (κ2) is 11.7. The monoisotopic (exact) mass is 543 g/mol. The summed E-state index contributed by atoms with van der Waals surface area (Å²) in [5.74, 6) is -0.847. The molecule has 1 amide bonds. The molecule has 0 spiro atoms. The summed E-state index contributed by atoms with van der Waals surface area (Å²) in [5, 5.41) is 3.90. The van der Waals surface area contributed by atoms with Crippen LogP contribution in [0, 0.1) is 19.8 Å². The molecule has 0 saturated carbocycles. The summed E-state index contributed by atoms with van der Waals surface area (Å²) in [4.78, 5) is 12.8. The molecule has 0 heterocycles. The highest BCUT2D eigenvalue weighted by Gasteiger charge is 2.28. The van der Waals surface area contributed by atoms with Crippen molar-refractivity contribution in [1.82, 2.24) is 10.1 Å². The second-order valence-electron chi connectivity index (χ2n) is 8.81. The molecule has 0 radical (unpaired) electrons. The summed E-state index contributed by atoms with van der Waals surface area (Å²) in [7, 11) is -7.88. The van der Waals surface area contributed by atoms with Gasteiger partial charge in [0, 0.05) is 0 Å². The summed E-state index contributed by atoms with van der Waals surface area (Å²) < 4.78 is 57.9.